The molecule has 12 heavy (non-hydrogen) atoms. The van der Waals surface area contributed by atoms with Crippen LogP contribution in [0.25, 0.3) is 0 Å². The quantitative estimate of drug-likeness (QED) is 0.381. The highest BCUT2D eigenvalue weighted by Gasteiger charge is 1.97. The summed E-state index contributed by atoms with van der Waals surface area (Å²) in [5, 5.41) is 2.29. The number of allylic oxidation sites excluding steroid dienone is 1. The Bertz CT molecular complexity index is 207. The molecule has 0 spiro atoms. The van der Waals surface area contributed by atoms with E-state index in [1.807, 2.05) is 0 Å². The van der Waals surface area contributed by atoms with Crippen molar-refractivity contribution in [2.45, 2.75) is 13.8 Å². The maximum absolute atomic E-state index is 10.8. The molecule has 0 saturated heterocycles. The zero-order valence-corrected chi connectivity index (χ0v) is 7.39. The summed E-state index contributed by atoms with van der Waals surface area (Å²) in [5.74, 6) is -0.349. The van der Waals surface area contributed by atoms with Gasteiger partial charge in [-0.1, -0.05) is 5.57 Å². The van der Waals surface area contributed by atoms with E-state index in [2.05, 4.69) is 16.2 Å². The molecule has 0 aromatic carbocycles. The number of hydrazine groups is 1. The Balaban J connectivity index is 3.73. The molecule has 68 valence electrons. The van der Waals surface area contributed by atoms with Crippen molar-refractivity contribution >= 4 is 11.9 Å². The molecule has 0 unspecified atom stereocenters. The van der Waals surface area contributed by atoms with Crippen molar-refractivity contribution in [2.75, 3.05) is 7.05 Å². The van der Waals surface area contributed by atoms with Crippen molar-refractivity contribution in [1.82, 2.24) is 16.2 Å². The van der Waals surface area contributed by atoms with E-state index in [9.17, 15) is 9.59 Å². The molecule has 0 saturated carbocycles. The number of carbonyl (C=O) groups is 2. The third-order valence-electron chi connectivity index (χ3n) is 0.946. The molecule has 0 aromatic heterocycles. The number of amides is 3. The fraction of sp³-hybridized carbons (Fsp3) is 0.429. The third-order valence-corrected chi connectivity index (χ3v) is 0.946. The van der Waals surface area contributed by atoms with Crippen LogP contribution in [0.5, 0.6) is 0 Å². The first-order chi connectivity index (χ1) is 5.56. The summed E-state index contributed by atoms with van der Waals surface area (Å²) in [4.78, 5) is 21.4. The largest absolute Gasteiger partial charge is 0.340 e. The van der Waals surface area contributed by atoms with Gasteiger partial charge < -0.3 is 5.32 Å². The molecule has 0 rings (SSSR count). The van der Waals surface area contributed by atoms with Gasteiger partial charge in [0.15, 0.2) is 0 Å². The van der Waals surface area contributed by atoms with E-state index in [0.29, 0.717) is 0 Å². The van der Waals surface area contributed by atoms with Crippen molar-refractivity contribution in [2.24, 2.45) is 0 Å². The second-order valence-corrected chi connectivity index (χ2v) is 2.42. The molecular formula is C7H13N3O2. The molecule has 5 nitrogen and oxygen atoms in total. The van der Waals surface area contributed by atoms with E-state index in [4.69, 9.17) is 0 Å². The normalized spacial score (nSPS) is 8.25. The highest BCUT2D eigenvalue weighted by atomic mass is 16.2. The minimum Gasteiger partial charge on any atom is -0.340 e. The van der Waals surface area contributed by atoms with Crippen LogP contribution >= 0.6 is 0 Å². The summed E-state index contributed by atoms with van der Waals surface area (Å²) in [6.07, 6.45) is 1.38. The minimum absolute atomic E-state index is 0.349. The van der Waals surface area contributed by atoms with E-state index >= 15 is 0 Å². The summed E-state index contributed by atoms with van der Waals surface area (Å²) >= 11 is 0. The van der Waals surface area contributed by atoms with Crippen LogP contribution in [0, 0.1) is 0 Å². The topological polar surface area (TPSA) is 70.2 Å². The van der Waals surface area contributed by atoms with Gasteiger partial charge in [-0.2, -0.15) is 0 Å². The minimum atomic E-state index is -0.453. The average molecular weight is 171 g/mol. The Kier molecular flexibility index (Phi) is 4.52. The molecule has 0 aromatic rings. The summed E-state index contributed by atoms with van der Waals surface area (Å²) in [6.45, 7) is 3.58. The van der Waals surface area contributed by atoms with E-state index in [-0.39, 0.29) is 5.91 Å². The van der Waals surface area contributed by atoms with Crippen molar-refractivity contribution < 1.29 is 9.59 Å². The molecule has 0 fully saturated rings. The standard InChI is InChI=1S/C7H13N3O2/c1-5(2)4-6(11)9-10-7(12)8-3/h4H,1-3H3,(H,9,11)(H2,8,10,12). The Morgan fingerprint density at radius 1 is 1.17 bits per heavy atom. The van der Waals surface area contributed by atoms with Gasteiger partial charge in [0.2, 0.25) is 0 Å². The maximum atomic E-state index is 10.8. The van der Waals surface area contributed by atoms with Gasteiger partial charge in [-0.15, -0.1) is 0 Å². The third kappa shape index (κ3) is 5.28. The summed E-state index contributed by atoms with van der Waals surface area (Å²) in [5.41, 5.74) is 5.20. The number of rotatable bonds is 1. The van der Waals surface area contributed by atoms with E-state index in [1.165, 1.54) is 13.1 Å². The lowest BCUT2D eigenvalue weighted by molar-refractivity contribution is -0.117. The second-order valence-electron chi connectivity index (χ2n) is 2.42. The van der Waals surface area contributed by atoms with Gasteiger partial charge in [-0.3, -0.25) is 10.2 Å². The lowest BCUT2D eigenvalue weighted by Gasteiger charge is -2.03. The Morgan fingerprint density at radius 3 is 2.17 bits per heavy atom. The van der Waals surface area contributed by atoms with Crippen molar-refractivity contribution in [3.63, 3.8) is 0 Å². The van der Waals surface area contributed by atoms with Crippen LogP contribution in [0.1, 0.15) is 13.8 Å². The van der Waals surface area contributed by atoms with Gasteiger partial charge >= 0.3 is 6.03 Å². The molecular weight excluding hydrogens is 158 g/mol. The van der Waals surface area contributed by atoms with E-state index < -0.39 is 6.03 Å². The Hall–Kier alpha value is -1.52. The van der Waals surface area contributed by atoms with Gasteiger partial charge in [0.1, 0.15) is 0 Å². The summed E-state index contributed by atoms with van der Waals surface area (Å²) in [7, 11) is 1.46. The number of urea groups is 1. The average Bonchev–Trinajstić information content (AvgIpc) is 1.99. The van der Waals surface area contributed by atoms with Crippen LogP contribution < -0.4 is 16.2 Å². The van der Waals surface area contributed by atoms with Crippen LogP contribution in [0.3, 0.4) is 0 Å². The zero-order valence-electron chi connectivity index (χ0n) is 7.39. The Labute approximate surface area is 71.2 Å². The highest BCUT2D eigenvalue weighted by Crippen LogP contribution is 1.85. The van der Waals surface area contributed by atoms with Gasteiger partial charge in [-0.25, -0.2) is 10.2 Å². The number of carbonyl (C=O) groups excluding carboxylic acids is 2. The van der Waals surface area contributed by atoms with E-state index in [0.717, 1.165) is 5.57 Å². The van der Waals surface area contributed by atoms with Gasteiger partial charge in [0, 0.05) is 13.1 Å². The molecule has 3 N–H and O–H groups in total. The van der Waals surface area contributed by atoms with Gasteiger partial charge in [0.25, 0.3) is 5.91 Å². The highest BCUT2D eigenvalue weighted by molar-refractivity contribution is 5.89. The predicted octanol–water partition coefficient (Wildman–Crippen LogP) is -0.0872. The first-order valence-electron chi connectivity index (χ1n) is 3.49. The van der Waals surface area contributed by atoms with Crippen LogP contribution in [0.4, 0.5) is 4.79 Å². The molecule has 0 heterocycles. The van der Waals surface area contributed by atoms with Crippen LogP contribution in [0.15, 0.2) is 11.6 Å². The molecule has 3 amide bonds. The van der Waals surface area contributed by atoms with Crippen LogP contribution in [0.2, 0.25) is 0 Å². The van der Waals surface area contributed by atoms with Crippen LogP contribution in [-0.4, -0.2) is 19.0 Å². The van der Waals surface area contributed by atoms with E-state index in [1.54, 1.807) is 13.8 Å². The molecule has 5 heteroatoms. The van der Waals surface area contributed by atoms with Crippen molar-refractivity contribution in [1.29, 1.82) is 0 Å². The molecule has 0 aliphatic rings. The lowest BCUT2D eigenvalue weighted by Crippen LogP contribution is -2.45. The van der Waals surface area contributed by atoms with Gasteiger partial charge in [0.05, 0.1) is 0 Å². The number of hydrogen-bond donors (Lipinski definition) is 3. The Morgan fingerprint density at radius 2 is 1.75 bits per heavy atom. The fourth-order valence-corrected chi connectivity index (χ4v) is 0.479. The zero-order chi connectivity index (χ0) is 9.56. The predicted molar refractivity (Wildman–Crippen MR) is 45.2 cm³/mol. The molecule has 0 radical (unpaired) electrons. The summed E-state index contributed by atoms with van der Waals surface area (Å²) in [6, 6.07) is -0.453. The van der Waals surface area contributed by atoms with Crippen LogP contribution in [-0.2, 0) is 4.79 Å². The maximum Gasteiger partial charge on any atom is 0.333 e. The first-order valence-corrected chi connectivity index (χ1v) is 3.49. The lowest BCUT2D eigenvalue weighted by atomic mass is 10.3. The monoisotopic (exact) mass is 171 g/mol. The molecule has 0 bridgehead atoms. The van der Waals surface area contributed by atoms with Crippen molar-refractivity contribution in [3.8, 4) is 0 Å². The second kappa shape index (κ2) is 5.17. The fourth-order valence-electron chi connectivity index (χ4n) is 0.479. The smallest absolute Gasteiger partial charge is 0.333 e. The summed E-state index contributed by atoms with van der Waals surface area (Å²) < 4.78 is 0. The van der Waals surface area contributed by atoms with Gasteiger partial charge in [-0.05, 0) is 13.8 Å². The molecule has 0 atom stereocenters. The molecule has 0 aliphatic carbocycles. The first kappa shape index (κ1) is 10.5. The SMILES string of the molecule is CNC(=O)NNC(=O)C=C(C)C. The molecule has 0 aliphatic heterocycles. The van der Waals surface area contributed by atoms with Crippen molar-refractivity contribution in [3.05, 3.63) is 11.6 Å². The number of nitrogens with one attached hydrogen (secondary N) is 3. The number of hydrogen-bond acceptors (Lipinski definition) is 2.